The van der Waals surface area contributed by atoms with Gasteiger partial charge in [-0.1, -0.05) is 0 Å². The number of carbonyl (C=O) groups is 1. The van der Waals surface area contributed by atoms with Crippen LogP contribution in [-0.2, 0) is 17.1 Å². The second-order valence-electron chi connectivity index (χ2n) is 5.64. The topological polar surface area (TPSA) is 90.1 Å². The van der Waals surface area contributed by atoms with Gasteiger partial charge in [0.1, 0.15) is 5.69 Å². The van der Waals surface area contributed by atoms with E-state index in [4.69, 9.17) is 10.5 Å². The predicted octanol–water partition coefficient (Wildman–Crippen LogP) is 3.07. The summed E-state index contributed by atoms with van der Waals surface area (Å²) in [5.41, 5.74) is 6.69. The highest BCUT2D eigenvalue weighted by Gasteiger charge is 2.27. The molecule has 0 radical (unpaired) electrons. The molecular formula is C17H20F2N4O2. The normalized spacial score (nSPS) is 11.2. The summed E-state index contributed by atoms with van der Waals surface area (Å²) in [4.78, 5) is 19.1. The van der Waals surface area contributed by atoms with Gasteiger partial charge in [0.25, 0.3) is 5.92 Å². The maximum Gasteiger partial charge on any atom is 0.287 e. The Labute approximate surface area is 144 Å². The van der Waals surface area contributed by atoms with Gasteiger partial charge in [0.15, 0.2) is 5.75 Å². The maximum atomic E-state index is 13.6. The van der Waals surface area contributed by atoms with Gasteiger partial charge in [-0.2, -0.15) is 8.78 Å². The lowest BCUT2D eigenvalue weighted by atomic mass is 10.2. The van der Waals surface area contributed by atoms with Crippen LogP contribution < -0.4 is 15.8 Å². The Morgan fingerprint density at radius 1 is 1.36 bits per heavy atom. The van der Waals surface area contributed by atoms with Crippen molar-refractivity contribution in [2.75, 3.05) is 11.9 Å². The first-order chi connectivity index (χ1) is 11.7. The average Bonchev–Trinajstić information content (AvgIpc) is 2.48. The van der Waals surface area contributed by atoms with E-state index in [1.165, 1.54) is 12.3 Å². The number of halogens is 2. The van der Waals surface area contributed by atoms with Crippen LogP contribution in [0.15, 0.2) is 24.4 Å². The molecule has 0 aliphatic rings. The average molecular weight is 350 g/mol. The second-order valence-corrected chi connectivity index (χ2v) is 5.64. The van der Waals surface area contributed by atoms with Crippen LogP contribution in [0.1, 0.15) is 30.9 Å². The summed E-state index contributed by atoms with van der Waals surface area (Å²) >= 11 is 0. The van der Waals surface area contributed by atoms with Crippen molar-refractivity contribution in [3.05, 3.63) is 41.5 Å². The van der Waals surface area contributed by atoms with Crippen molar-refractivity contribution in [1.82, 2.24) is 9.97 Å². The fraction of sp³-hybridized carbons (Fsp3) is 0.353. The Morgan fingerprint density at radius 3 is 2.68 bits per heavy atom. The minimum absolute atomic E-state index is 0.0330. The fourth-order valence-electron chi connectivity index (χ4n) is 2.25. The van der Waals surface area contributed by atoms with Crippen LogP contribution in [0.2, 0.25) is 0 Å². The van der Waals surface area contributed by atoms with E-state index >= 15 is 0 Å². The molecule has 134 valence electrons. The SMILES string of the molecule is CCOc1cnc(CC(N)=O)cc1Nc1cc(C)nc(C(C)(F)F)c1. The summed E-state index contributed by atoms with van der Waals surface area (Å²) in [7, 11) is 0. The Kier molecular flexibility index (Phi) is 5.51. The number of anilines is 2. The van der Waals surface area contributed by atoms with E-state index in [1.54, 1.807) is 19.1 Å². The van der Waals surface area contributed by atoms with Gasteiger partial charge in [-0.15, -0.1) is 0 Å². The fourth-order valence-corrected chi connectivity index (χ4v) is 2.25. The van der Waals surface area contributed by atoms with Gasteiger partial charge < -0.3 is 15.8 Å². The number of primary amides is 1. The summed E-state index contributed by atoms with van der Waals surface area (Å²) in [6.07, 6.45) is 1.43. The lowest BCUT2D eigenvalue weighted by Crippen LogP contribution is -2.15. The number of aromatic nitrogens is 2. The number of nitrogens with zero attached hydrogens (tertiary/aromatic N) is 2. The minimum atomic E-state index is -3.05. The van der Waals surface area contributed by atoms with Crippen LogP contribution in [0.3, 0.4) is 0 Å². The third kappa shape index (κ3) is 5.10. The number of alkyl halides is 2. The van der Waals surface area contributed by atoms with Crippen molar-refractivity contribution in [1.29, 1.82) is 0 Å². The molecule has 2 aromatic heterocycles. The van der Waals surface area contributed by atoms with Crippen molar-refractivity contribution in [2.45, 2.75) is 33.1 Å². The number of carbonyl (C=O) groups excluding carboxylic acids is 1. The van der Waals surface area contributed by atoms with Gasteiger partial charge >= 0.3 is 0 Å². The van der Waals surface area contributed by atoms with Gasteiger partial charge in [-0.05, 0) is 32.0 Å². The molecule has 25 heavy (non-hydrogen) atoms. The first kappa shape index (κ1) is 18.6. The summed E-state index contributed by atoms with van der Waals surface area (Å²) in [6, 6.07) is 4.52. The van der Waals surface area contributed by atoms with Crippen molar-refractivity contribution in [2.24, 2.45) is 5.73 Å². The molecule has 6 nitrogen and oxygen atoms in total. The first-order valence-electron chi connectivity index (χ1n) is 7.73. The molecular weight excluding hydrogens is 330 g/mol. The quantitative estimate of drug-likeness (QED) is 0.801. The smallest absolute Gasteiger partial charge is 0.287 e. The number of amides is 1. The number of pyridine rings is 2. The zero-order valence-corrected chi connectivity index (χ0v) is 14.3. The van der Waals surface area contributed by atoms with Crippen LogP contribution in [0.5, 0.6) is 5.75 Å². The molecule has 8 heteroatoms. The van der Waals surface area contributed by atoms with Crippen molar-refractivity contribution in [3.63, 3.8) is 0 Å². The van der Waals surface area contributed by atoms with E-state index in [1.807, 2.05) is 6.92 Å². The van der Waals surface area contributed by atoms with Crippen LogP contribution in [0.25, 0.3) is 0 Å². The lowest BCUT2D eigenvalue weighted by Gasteiger charge is -2.16. The standard InChI is InChI=1S/C17H20F2N4O2/c1-4-25-14-9-21-11(8-16(20)24)6-13(14)23-12-5-10(2)22-15(7-12)17(3,18)19/h5-7,9H,4,8H2,1-3H3,(H2,20,24)(H,21,22,23). The maximum absolute atomic E-state index is 13.6. The van der Waals surface area contributed by atoms with Gasteiger partial charge in [0.2, 0.25) is 5.91 Å². The number of hydrogen-bond donors (Lipinski definition) is 2. The number of nitrogens with two attached hydrogens (primary N) is 1. The summed E-state index contributed by atoms with van der Waals surface area (Å²) in [6.45, 7) is 4.64. The molecule has 0 unspecified atom stereocenters. The number of ether oxygens (including phenoxy) is 1. The molecule has 2 aromatic rings. The lowest BCUT2D eigenvalue weighted by molar-refractivity contribution is -0.117. The summed E-state index contributed by atoms with van der Waals surface area (Å²) in [5, 5.41) is 3.03. The number of rotatable bonds is 7. The van der Waals surface area contributed by atoms with Gasteiger partial charge in [-0.25, -0.2) is 0 Å². The Bertz CT molecular complexity index is 776. The molecule has 1 amide bonds. The Balaban J connectivity index is 2.40. The monoisotopic (exact) mass is 350 g/mol. The molecule has 0 aliphatic carbocycles. The molecule has 0 aliphatic heterocycles. The highest BCUT2D eigenvalue weighted by atomic mass is 19.3. The van der Waals surface area contributed by atoms with Crippen molar-refractivity contribution >= 4 is 17.3 Å². The third-order valence-electron chi connectivity index (χ3n) is 3.26. The van der Waals surface area contributed by atoms with E-state index in [-0.39, 0.29) is 12.1 Å². The van der Waals surface area contributed by atoms with E-state index in [0.717, 1.165) is 6.92 Å². The predicted molar refractivity (Wildman–Crippen MR) is 90.1 cm³/mol. The van der Waals surface area contributed by atoms with Crippen LogP contribution >= 0.6 is 0 Å². The van der Waals surface area contributed by atoms with Crippen LogP contribution in [0, 0.1) is 6.92 Å². The highest BCUT2D eigenvalue weighted by Crippen LogP contribution is 2.31. The number of hydrogen-bond acceptors (Lipinski definition) is 5. The highest BCUT2D eigenvalue weighted by molar-refractivity contribution is 5.77. The van der Waals surface area contributed by atoms with Crippen LogP contribution in [-0.4, -0.2) is 22.5 Å². The van der Waals surface area contributed by atoms with E-state index in [9.17, 15) is 13.6 Å². The zero-order valence-electron chi connectivity index (χ0n) is 14.3. The molecule has 0 saturated heterocycles. The molecule has 0 fully saturated rings. The second kappa shape index (κ2) is 7.42. The van der Waals surface area contributed by atoms with E-state index in [2.05, 4.69) is 15.3 Å². The zero-order chi connectivity index (χ0) is 18.6. The van der Waals surface area contributed by atoms with Crippen molar-refractivity contribution < 1.29 is 18.3 Å². The summed E-state index contributed by atoms with van der Waals surface area (Å²) in [5.74, 6) is -3.13. The van der Waals surface area contributed by atoms with Gasteiger partial charge in [-0.3, -0.25) is 14.8 Å². The number of nitrogens with one attached hydrogen (secondary N) is 1. The van der Waals surface area contributed by atoms with Gasteiger partial charge in [0, 0.05) is 18.3 Å². The van der Waals surface area contributed by atoms with Crippen LogP contribution in [0.4, 0.5) is 20.2 Å². The molecule has 3 N–H and O–H groups in total. The molecule has 2 rings (SSSR count). The Morgan fingerprint density at radius 2 is 2.08 bits per heavy atom. The van der Waals surface area contributed by atoms with Crippen molar-refractivity contribution in [3.8, 4) is 5.75 Å². The molecule has 2 heterocycles. The van der Waals surface area contributed by atoms with E-state index < -0.39 is 11.8 Å². The largest absolute Gasteiger partial charge is 0.490 e. The number of aryl methyl sites for hydroxylation is 1. The molecule has 0 atom stereocenters. The Hall–Kier alpha value is -2.77. The molecule has 0 spiro atoms. The summed E-state index contributed by atoms with van der Waals surface area (Å²) < 4.78 is 32.7. The van der Waals surface area contributed by atoms with E-state index in [0.29, 0.717) is 35.1 Å². The molecule has 0 aromatic carbocycles. The molecule has 0 bridgehead atoms. The van der Waals surface area contributed by atoms with Gasteiger partial charge in [0.05, 0.1) is 30.6 Å². The minimum Gasteiger partial charge on any atom is -0.490 e. The first-order valence-corrected chi connectivity index (χ1v) is 7.73. The third-order valence-corrected chi connectivity index (χ3v) is 3.26. The molecule has 0 saturated carbocycles.